The van der Waals surface area contributed by atoms with Gasteiger partial charge >= 0.3 is 5.51 Å². The first kappa shape index (κ1) is 25.7. The molecule has 1 aliphatic heterocycles. The van der Waals surface area contributed by atoms with Gasteiger partial charge in [-0.15, -0.1) is 0 Å². The van der Waals surface area contributed by atoms with Crippen molar-refractivity contribution in [1.29, 1.82) is 0 Å². The highest BCUT2D eigenvalue weighted by molar-refractivity contribution is 7.86. The molecule has 0 radical (unpaired) electrons. The number of unbranched alkanes of at least 4 members (excludes halogenated alkanes) is 7. The van der Waals surface area contributed by atoms with Gasteiger partial charge in [0.15, 0.2) is 10.1 Å². The summed E-state index contributed by atoms with van der Waals surface area (Å²) in [6.07, 6.45) is 16.0. The molecule has 26 heavy (non-hydrogen) atoms. The molecule has 0 aromatic carbocycles. The first-order chi connectivity index (χ1) is 12.1. The zero-order valence-electron chi connectivity index (χ0n) is 16.3. The lowest BCUT2D eigenvalue weighted by Gasteiger charge is -2.34. The minimum Gasteiger partial charge on any atom is -0.741 e. The molecule has 8 heteroatoms. The molecule has 1 rings (SSSR count). The number of alkyl halides is 3. The number of quaternary nitrogens is 1. The minimum atomic E-state index is -6.09. The van der Waals surface area contributed by atoms with Gasteiger partial charge in [-0.05, 0) is 25.7 Å². The Morgan fingerprint density at radius 3 is 1.50 bits per heavy atom. The first-order valence-corrected chi connectivity index (χ1v) is 11.4. The van der Waals surface area contributed by atoms with E-state index in [1.54, 1.807) is 0 Å². The van der Waals surface area contributed by atoms with Crippen molar-refractivity contribution >= 4 is 10.1 Å². The predicted octanol–water partition coefficient (Wildman–Crippen LogP) is 5.20. The Morgan fingerprint density at radius 2 is 1.15 bits per heavy atom. The molecule has 1 heterocycles. The Bertz CT molecular complexity index is 447. The van der Waals surface area contributed by atoms with Gasteiger partial charge in [-0.25, -0.2) is 8.42 Å². The van der Waals surface area contributed by atoms with E-state index in [-0.39, 0.29) is 0 Å². The molecular formula is C18H36F3NO3S. The van der Waals surface area contributed by atoms with Crippen LogP contribution >= 0.6 is 0 Å². The molecule has 1 fully saturated rings. The van der Waals surface area contributed by atoms with Crippen molar-refractivity contribution in [2.45, 2.75) is 90.0 Å². The standard InChI is InChI=1S/C17H36N.CHF3O3S/c1-3-5-7-9-11-15-18(16-12-13-17-18)14-10-8-6-4-2;2-1(3,4)8(5,6)7/h3-17H2,1-2H3;(H,5,6,7)/q+1;/p-1. The van der Waals surface area contributed by atoms with Crippen molar-refractivity contribution in [3.05, 3.63) is 0 Å². The molecule has 0 saturated carbocycles. The largest absolute Gasteiger partial charge is 0.741 e. The second kappa shape index (κ2) is 12.9. The summed E-state index contributed by atoms with van der Waals surface area (Å²) in [7, 11) is -6.09. The maximum Gasteiger partial charge on any atom is 0.485 e. The van der Waals surface area contributed by atoms with Gasteiger partial charge in [0.05, 0.1) is 26.2 Å². The van der Waals surface area contributed by atoms with Crippen molar-refractivity contribution in [3.8, 4) is 0 Å². The number of rotatable bonds is 11. The van der Waals surface area contributed by atoms with Crippen LogP contribution in [-0.4, -0.2) is 49.1 Å². The number of hydrogen-bond donors (Lipinski definition) is 0. The average Bonchev–Trinajstić information content (AvgIpc) is 2.99. The van der Waals surface area contributed by atoms with E-state index in [0.717, 1.165) is 0 Å². The van der Waals surface area contributed by atoms with Crippen molar-refractivity contribution in [2.24, 2.45) is 0 Å². The van der Waals surface area contributed by atoms with Gasteiger partial charge < -0.3 is 9.04 Å². The summed E-state index contributed by atoms with van der Waals surface area (Å²) in [5.41, 5.74) is -5.65. The summed E-state index contributed by atoms with van der Waals surface area (Å²) >= 11 is 0. The van der Waals surface area contributed by atoms with Crippen LogP contribution in [0.3, 0.4) is 0 Å². The van der Waals surface area contributed by atoms with Gasteiger partial charge in [0, 0.05) is 12.8 Å². The minimum absolute atomic E-state index is 1.37. The van der Waals surface area contributed by atoms with Crippen LogP contribution in [0.1, 0.15) is 84.5 Å². The van der Waals surface area contributed by atoms with Crippen molar-refractivity contribution in [3.63, 3.8) is 0 Å². The maximum atomic E-state index is 10.7. The van der Waals surface area contributed by atoms with Crippen LogP contribution in [0.4, 0.5) is 13.2 Å². The van der Waals surface area contributed by atoms with E-state index in [1.807, 2.05) is 0 Å². The summed E-state index contributed by atoms with van der Waals surface area (Å²) in [5.74, 6) is 0. The molecule has 0 amide bonds. The summed E-state index contributed by atoms with van der Waals surface area (Å²) in [6, 6.07) is 0. The second-order valence-electron chi connectivity index (χ2n) is 7.32. The molecule has 0 bridgehead atoms. The molecule has 0 aliphatic carbocycles. The van der Waals surface area contributed by atoms with Crippen LogP contribution in [0, 0.1) is 0 Å². The fourth-order valence-electron chi connectivity index (χ4n) is 3.49. The van der Waals surface area contributed by atoms with Gasteiger partial charge in [-0.2, -0.15) is 13.2 Å². The molecule has 0 spiro atoms. The SMILES string of the molecule is CCCCCCC[N+]1(CCCCCC)CCCC1.O=S(=O)([O-])C(F)(F)F. The molecule has 0 unspecified atom stereocenters. The third kappa shape index (κ3) is 11.4. The monoisotopic (exact) mass is 403 g/mol. The maximum absolute atomic E-state index is 10.7. The number of hydrogen-bond acceptors (Lipinski definition) is 3. The zero-order valence-corrected chi connectivity index (χ0v) is 17.1. The van der Waals surface area contributed by atoms with Gasteiger partial charge in [-0.1, -0.05) is 46.0 Å². The quantitative estimate of drug-likeness (QED) is 0.206. The van der Waals surface area contributed by atoms with Gasteiger partial charge in [-0.3, -0.25) is 0 Å². The molecule has 158 valence electrons. The lowest BCUT2D eigenvalue weighted by atomic mass is 10.1. The van der Waals surface area contributed by atoms with Crippen molar-refractivity contribution in [1.82, 2.24) is 0 Å². The Balaban J connectivity index is 0.000000660. The number of halogens is 3. The molecule has 0 aromatic heterocycles. The van der Waals surface area contributed by atoms with Gasteiger partial charge in [0.1, 0.15) is 0 Å². The lowest BCUT2D eigenvalue weighted by Crippen LogP contribution is -2.46. The zero-order chi connectivity index (χ0) is 20.1. The highest BCUT2D eigenvalue weighted by atomic mass is 32.2. The third-order valence-corrected chi connectivity index (χ3v) is 5.59. The van der Waals surface area contributed by atoms with Gasteiger partial charge in [0.2, 0.25) is 0 Å². The summed E-state index contributed by atoms with van der Waals surface area (Å²) in [6.45, 7) is 10.6. The van der Waals surface area contributed by atoms with Crippen molar-refractivity contribution in [2.75, 3.05) is 26.2 Å². The normalized spacial score (nSPS) is 17.0. The van der Waals surface area contributed by atoms with E-state index in [4.69, 9.17) is 13.0 Å². The number of likely N-dealkylation sites (tertiary alicyclic amines) is 1. The Hall–Kier alpha value is -0.340. The van der Waals surface area contributed by atoms with E-state index in [2.05, 4.69) is 13.8 Å². The highest BCUT2D eigenvalue weighted by Crippen LogP contribution is 2.23. The molecule has 0 atom stereocenters. The van der Waals surface area contributed by atoms with E-state index in [1.165, 1.54) is 101 Å². The van der Waals surface area contributed by atoms with Crippen LogP contribution < -0.4 is 0 Å². The molecule has 0 aromatic rings. The molecule has 1 saturated heterocycles. The fourth-order valence-corrected chi connectivity index (χ4v) is 3.49. The van der Waals surface area contributed by atoms with E-state index < -0.39 is 15.6 Å². The van der Waals surface area contributed by atoms with Crippen LogP contribution in [0.25, 0.3) is 0 Å². The molecule has 0 N–H and O–H groups in total. The van der Waals surface area contributed by atoms with E-state index >= 15 is 0 Å². The first-order valence-electron chi connectivity index (χ1n) is 9.95. The van der Waals surface area contributed by atoms with E-state index in [0.29, 0.717) is 0 Å². The average molecular weight is 404 g/mol. The van der Waals surface area contributed by atoms with Crippen LogP contribution in [0.15, 0.2) is 0 Å². The molecule has 1 aliphatic rings. The van der Waals surface area contributed by atoms with E-state index in [9.17, 15) is 13.2 Å². The Morgan fingerprint density at radius 1 is 0.808 bits per heavy atom. The van der Waals surface area contributed by atoms with Crippen LogP contribution in [0.2, 0.25) is 0 Å². The molecular weight excluding hydrogens is 367 g/mol. The smallest absolute Gasteiger partial charge is 0.485 e. The third-order valence-electron chi connectivity index (χ3n) is 5.02. The second-order valence-corrected chi connectivity index (χ2v) is 8.69. The van der Waals surface area contributed by atoms with Crippen molar-refractivity contribution < 1.29 is 30.6 Å². The van der Waals surface area contributed by atoms with Gasteiger partial charge in [0.25, 0.3) is 0 Å². The highest BCUT2D eigenvalue weighted by Gasteiger charge is 2.37. The Kier molecular flexibility index (Phi) is 12.8. The lowest BCUT2D eigenvalue weighted by molar-refractivity contribution is -0.917. The number of nitrogens with zero attached hydrogens (tertiary/aromatic N) is 1. The van der Waals surface area contributed by atoms with Crippen LogP contribution in [0.5, 0.6) is 0 Å². The van der Waals surface area contributed by atoms with Crippen LogP contribution in [-0.2, 0) is 10.1 Å². The summed E-state index contributed by atoms with van der Waals surface area (Å²) < 4.78 is 60.4. The summed E-state index contributed by atoms with van der Waals surface area (Å²) in [5, 5.41) is 0. The molecule has 4 nitrogen and oxygen atoms in total. The summed E-state index contributed by atoms with van der Waals surface area (Å²) in [4.78, 5) is 0. The Labute approximate surface area is 157 Å². The topological polar surface area (TPSA) is 57.2 Å². The fraction of sp³-hybridized carbons (Fsp3) is 1.00. The predicted molar refractivity (Wildman–Crippen MR) is 97.6 cm³/mol.